The van der Waals surface area contributed by atoms with E-state index in [1.165, 1.54) is 12.1 Å². The molecule has 0 aliphatic heterocycles. The summed E-state index contributed by atoms with van der Waals surface area (Å²) in [5, 5.41) is 8.65. The molecule has 2 nitrogen and oxygen atoms in total. The van der Waals surface area contributed by atoms with Crippen LogP contribution in [0.15, 0.2) is 36.1 Å². The fourth-order valence-corrected chi connectivity index (χ4v) is 1.04. The summed E-state index contributed by atoms with van der Waals surface area (Å²) in [7, 11) is 0. The van der Waals surface area contributed by atoms with Gasteiger partial charge in [-0.1, -0.05) is 30.3 Å². The Bertz CT molecular complexity index is 451. The molecular formula is C12H9F4NO. The highest BCUT2D eigenvalue weighted by Gasteiger charge is 2.41. The maximum atomic E-state index is 12.6. The molecule has 0 radical (unpaired) electrons. The van der Waals surface area contributed by atoms with Gasteiger partial charge in [-0.15, -0.1) is 0 Å². The lowest BCUT2D eigenvalue weighted by Gasteiger charge is -2.15. The van der Waals surface area contributed by atoms with Crippen LogP contribution in [-0.4, -0.2) is 19.0 Å². The van der Waals surface area contributed by atoms with Crippen molar-refractivity contribution in [1.29, 1.82) is 5.26 Å². The molecule has 0 atom stereocenters. The lowest BCUT2D eigenvalue weighted by atomic mass is 10.2. The molecule has 0 saturated carbocycles. The van der Waals surface area contributed by atoms with Gasteiger partial charge in [0.05, 0.1) is 0 Å². The molecule has 18 heavy (non-hydrogen) atoms. The van der Waals surface area contributed by atoms with Gasteiger partial charge < -0.3 is 4.74 Å². The first-order chi connectivity index (χ1) is 8.45. The Morgan fingerprint density at radius 3 is 2.44 bits per heavy atom. The SMILES string of the molecule is N#CC(=Cc1ccccc1)OCC(F)(F)C(F)F. The Morgan fingerprint density at radius 2 is 1.94 bits per heavy atom. The zero-order valence-corrected chi connectivity index (χ0v) is 9.12. The summed E-state index contributed by atoms with van der Waals surface area (Å²) in [4.78, 5) is 0. The third-order valence-corrected chi connectivity index (χ3v) is 1.95. The molecule has 0 bridgehead atoms. The second kappa shape index (κ2) is 6.05. The van der Waals surface area contributed by atoms with Crippen LogP contribution >= 0.6 is 0 Å². The monoisotopic (exact) mass is 259 g/mol. The number of nitriles is 1. The Labute approximate surface area is 101 Å². The first-order valence-corrected chi connectivity index (χ1v) is 4.91. The van der Waals surface area contributed by atoms with Crippen LogP contribution in [0.3, 0.4) is 0 Å². The van der Waals surface area contributed by atoms with Crippen LogP contribution in [0.1, 0.15) is 5.56 Å². The molecule has 0 unspecified atom stereocenters. The summed E-state index contributed by atoms with van der Waals surface area (Å²) >= 11 is 0. The molecule has 1 aromatic carbocycles. The van der Waals surface area contributed by atoms with Crippen molar-refractivity contribution in [3.8, 4) is 6.07 Å². The minimum absolute atomic E-state index is 0.443. The minimum Gasteiger partial charge on any atom is -0.477 e. The van der Waals surface area contributed by atoms with E-state index in [2.05, 4.69) is 4.74 Å². The second-order valence-electron chi connectivity index (χ2n) is 3.38. The van der Waals surface area contributed by atoms with Crippen molar-refractivity contribution in [2.45, 2.75) is 12.3 Å². The number of halogens is 4. The average Bonchev–Trinajstić information content (AvgIpc) is 2.35. The predicted octanol–water partition coefficient (Wildman–Crippen LogP) is 3.47. The molecule has 0 heterocycles. The molecule has 0 N–H and O–H groups in total. The van der Waals surface area contributed by atoms with E-state index in [4.69, 9.17) is 5.26 Å². The van der Waals surface area contributed by atoms with Gasteiger partial charge in [0.1, 0.15) is 6.07 Å². The van der Waals surface area contributed by atoms with Crippen LogP contribution in [-0.2, 0) is 4.74 Å². The number of alkyl halides is 4. The van der Waals surface area contributed by atoms with Crippen LogP contribution in [0.25, 0.3) is 6.08 Å². The molecule has 0 saturated heterocycles. The van der Waals surface area contributed by atoms with Crippen molar-refractivity contribution in [1.82, 2.24) is 0 Å². The normalized spacial score (nSPS) is 12.3. The fourth-order valence-electron chi connectivity index (χ4n) is 1.04. The number of ether oxygens (including phenoxy) is 1. The molecule has 0 fully saturated rings. The molecule has 0 spiro atoms. The first kappa shape index (κ1) is 14.0. The van der Waals surface area contributed by atoms with Crippen molar-refractivity contribution in [3.05, 3.63) is 41.7 Å². The summed E-state index contributed by atoms with van der Waals surface area (Å²) in [5.41, 5.74) is 0.550. The molecule has 0 aliphatic carbocycles. The van der Waals surface area contributed by atoms with Crippen molar-refractivity contribution in [2.24, 2.45) is 0 Å². The molecular weight excluding hydrogens is 250 g/mol. The van der Waals surface area contributed by atoms with Crippen LogP contribution in [0.4, 0.5) is 17.6 Å². The van der Waals surface area contributed by atoms with E-state index in [0.717, 1.165) is 0 Å². The molecule has 96 valence electrons. The third kappa shape index (κ3) is 4.09. The summed E-state index contributed by atoms with van der Waals surface area (Å²) < 4.78 is 53.3. The molecule has 1 aromatic rings. The van der Waals surface area contributed by atoms with Gasteiger partial charge in [-0.05, 0) is 11.6 Å². The van der Waals surface area contributed by atoms with Crippen LogP contribution in [0.2, 0.25) is 0 Å². The molecule has 6 heteroatoms. The smallest absolute Gasteiger partial charge is 0.340 e. The van der Waals surface area contributed by atoms with E-state index in [9.17, 15) is 17.6 Å². The Kier molecular flexibility index (Phi) is 4.72. The predicted molar refractivity (Wildman–Crippen MR) is 56.9 cm³/mol. The van der Waals surface area contributed by atoms with Crippen LogP contribution in [0.5, 0.6) is 0 Å². The minimum atomic E-state index is -4.27. The van der Waals surface area contributed by atoms with Crippen LogP contribution in [0, 0.1) is 11.3 Å². The van der Waals surface area contributed by atoms with Crippen molar-refractivity contribution in [3.63, 3.8) is 0 Å². The molecule has 1 rings (SSSR count). The maximum absolute atomic E-state index is 12.6. The van der Waals surface area contributed by atoms with E-state index in [1.807, 2.05) is 0 Å². The van der Waals surface area contributed by atoms with E-state index in [1.54, 1.807) is 30.3 Å². The first-order valence-electron chi connectivity index (χ1n) is 4.91. The van der Waals surface area contributed by atoms with Crippen molar-refractivity contribution >= 4 is 6.08 Å². The number of hydrogen-bond acceptors (Lipinski definition) is 2. The van der Waals surface area contributed by atoms with Gasteiger partial charge in [-0.3, -0.25) is 0 Å². The van der Waals surface area contributed by atoms with Crippen molar-refractivity contribution < 1.29 is 22.3 Å². The van der Waals surface area contributed by atoms with E-state index < -0.39 is 24.7 Å². The zero-order chi connectivity index (χ0) is 13.6. The summed E-state index contributed by atoms with van der Waals surface area (Å²) in [6.07, 6.45) is -2.63. The third-order valence-electron chi connectivity index (χ3n) is 1.95. The highest BCUT2D eigenvalue weighted by molar-refractivity contribution is 5.54. The second-order valence-corrected chi connectivity index (χ2v) is 3.38. The number of rotatable bonds is 5. The van der Waals surface area contributed by atoms with Gasteiger partial charge >= 0.3 is 12.3 Å². The summed E-state index contributed by atoms with van der Waals surface area (Å²) in [5.74, 6) is -4.71. The Morgan fingerprint density at radius 1 is 1.33 bits per heavy atom. The summed E-state index contributed by atoms with van der Waals surface area (Å²) in [6.45, 7) is -1.53. The van der Waals surface area contributed by atoms with Gasteiger partial charge in [0.15, 0.2) is 12.4 Å². The van der Waals surface area contributed by atoms with Gasteiger partial charge in [0.25, 0.3) is 0 Å². The fraction of sp³-hybridized carbons (Fsp3) is 0.250. The van der Waals surface area contributed by atoms with Crippen molar-refractivity contribution in [2.75, 3.05) is 6.61 Å². The molecule has 0 aliphatic rings. The molecule has 0 aromatic heterocycles. The number of hydrogen-bond donors (Lipinski definition) is 0. The maximum Gasteiger partial charge on any atom is 0.340 e. The zero-order valence-electron chi connectivity index (χ0n) is 9.12. The lowest BCUT2D eigenvalue weighted by molar-refractivity contribution is -0.156. The van der Waals surface area contributed by atoms with E-state index >= 15 is 0 Å². The standard InChI is InChI=1S/C12H9F4NO/c13-11(14)12(15,16)8-18-10(7-17)6-9-4-2-1-3-5-9/h1-6,11H,8H2. The Hall–Kier alpha value is -2.03. The van der Waals surface area contributed by atoms with Gasteiger partial charge in [0.2, 0.25) is 0 Å². The van der Waals surface area contributed by atoms with E-state index in [-0.39, 0.29) is 0 Å². The van der Waals surface area contributed by atoms with Gasteiger partial charge in [-0.2, -0.15) is 14.0 Å². The average molecular weight is 259 g/mol. The lowest BCUT2D eigenvalue weighted by Crippen LogP contribution is -2.32. The quantitative estimate of drug-likeness (QED) is 0.461. The number of nitrogens with zero attached hydrogens (tertiary/aromatic N) is 1. The Balaban J connectivity index is 2.70. The van der Waals surface area contributed by atoms with Gasteiger partial charge in [0, 0.05) is 0 Å². The number of allylic oxidation sites excluding steroid dienone is 1. The highest BCUT2D eigenvalue weighted by Crippen LogP contribution is 2.24. The largest absolute Gasteiger partial charge is 0.477 e. The summed E-state index contributed by atoms with van der Waals surface area (Å²) in [6, 6.07) is 9.84. The highest BCUT2D eigenvalue weighted by atomic mass is 19.3. The topological polar surface area (TPSA) is 33.0 Å². The van der Waals surface area contributed by atoms with Gasteiger partial charge in [-0.25, -0.2) is 8.78 Å². The van der Waals surface area contributed by atoms with Crippen LogP contribution < -0.4 is 0 Å². The van der Waals surface area contributed by atoms with E-state index in [0.29, 0.717) is 5.56 Å². The number of benzene rings is 1. The molecule has 0 amide bonds.